The first-order valence-electron chi connectivity index (χ1n) is 12.5. The van der Waals surface area contributed by atoms with Crippen molar-refractivity contribution in [2.75, 3.05) is 33.3 Å². The number of likely N-dealkylation sites (tertiary alicyclic amines) is 3. The Morgan fingerprint density at radius 1 is 1.08 bits per heavy atom. The molecule has 190 valence electrons. The van der Waals surface area contributed by atoms with E-state index in [-0.39, 0.29) is 30.1 Å². The fraction of sp³-hybridized carbons (Fsp3) is 0.423. The molecular formula is C26H28N8O3. The van der Waals surface area contributed by atoms with Crippen LogP contribution in [0.15, 0.2) is 43.5 Å². The zero-order valence-corrected chi connectivity index (χ0v) is 20.7. The van der Waals surface area contributed by atoms with E-state index in [2.05, 4.69) is 22.8 Å². The van der Waals surface area contributed by atoms with Crippen LogP contribution in [-0.2, 0) is 4.79 Å². The molecule has 3 fully saturated rings. The Balaban J connectivity index is 1.11. The number of carbonyl (C=O) groups is 2. The molecule has 0 unspecified atom stereocenters. The van der Waals surface area contributed by atoms with Crippen LogP contribution in [0, 0.1) is 11.3 Å². The van der Waals surface area contributed by atoms with Crippen LogP contribution >= 0.6 is 0 Å². The molecule has 37 heavy (non-hydrogen) atoms. The van der Waals surface area contributed by atoms with Crippen molar-refractivity contribution in [2.45, 2.75) is 37.4 Å². The number of nitriles is 1. The summed E-state index contributed by atoms with van der Waals surface area (Å²) in [6.45, 7) is 6.13. The molecule has 3 aromatic heterocycles. The average Bonchev–Trinajstić information content (AvgIpc) is 3.74. The zero-order chi connectivity index (χ0) is 25.7. The highest BCUT2D eigenvalue weighted by atomic mass is 16.5. The third-order valence-electron chi connectivity index (χ3n) is 7.91. The minimum absolute atomic E-state index is 0.0473. The van der Waals surface area contributed by atoms with E-state index in [0.29, 0.717) is 43.0 Å². The molecule has 0 spiro atoms. The number of piperidine rings is 1. The second kappa shape index (κ2) is 8.96. The van der Waals surface area contributed by atoms with Crippen molar-refractivity contribution in [3.63, 3.8) is 0 Å². The first-order chi connectivity index (χ1) is 18.0. The number of fused-ring (bicyclic) bond motifs is 3. The van der Waals surface area contributed by atoms with Gasteiger partial charge in [0, 0.05) is 49.7 Å². The summed E-state index contributed by atoms with van der Waals surface area (Å²) in [5.41, 5.74) is 2.93. The van der Waals surface area contributed by atoms with Gasteiger partial charge in [0.15, 0.2) is 0 Å². The molecule has 6 heterocycles. The number of piperazine rings is 1. The second-order valence-electron chi connectivity index (χ2n) is 9.86. The van der Waals surface area contributed by atoms with Gasteiger partial charge in [-0.25, -0.2) is 9.31 Å². The molecule has 3 aromatic rings. The molecule has 0 aromatic carbocycles. The lowest BCUT2D eigenvalue weighted by Gasteiger charge is -2.39. The van der Waals surface area contributed by atoms with Gasteiger partial charge in [0.2, 0.25) is 5.91 Å². The highest BCUT2D eigenvalue weighted by Gasteiger charge is 2.47. The van der Waals surface area contributed by atoms with Gasteiger partial charge in [-0.2, -0.15) is 15.5 Å². The Morgan fingerprint density at radius 2 is 1.84 bits per heavy atom. The topological polar surface area (TPSA) is 112 Å². The van der Waals surface area contributed by atoms with E-state index in [1.54, 1.807) is 11.6 Å². The molecule has 2 bridgehead atoms. The van der Waals surface area contributed by atoms with Crippen molar-refractivity contribution < 1.29 is 14.3 Å². The molecule has 11 heteroatoms. The molecule has 0 N–H and O–H groups in total. The summed E-state index contributed by atoms with van der Waals surface area (Å²) in [6, 6.07) is 4.53. The number of amides is 3. The van der Waals surface area contributed by atoms with Crippen LogP contribution in [0.1, 0.15) is 30.9 Å². The Labute approximate surface area is 214 Å². The van der Waals surface area contributed by atoms with Crippen LogP contribution in [0.25, 0.3) is 16.6 Å². The highest BCUT2D eigenvalue weighted by molar-refractivity contribution is 5.88. The predicted molar refractivity (Wildman–Crippen MR) is 134 cm³/mol. The van der Waals surface area contributed by atoms with E-state index >= 15 is 0 Å². The summed E-state index contributed by atoms with van der Waals surface area (Å²) in [7, 11) is 1.58. The molecule has 0 radical (unpaired) electrons. The predicted octanol–water partition coefficient (Wildman–Crippen LogP) is 2.31. The molecular weight excluding hydrogens is 472 g/mol. The summed E-state index contributed by atoms with van der Waals surface area (Å²) in [4.78, 5) is 31.0. The van der Waals surface area contributed by atoms with Crippen molar-refractivity contribution in [1.82, 2.24) is 34.1 Å². The number of carbonyl (C=O) groups excluding carboxylic acids is 2. The number of hydrogen-bond donors (Lipinski definition) is 0. The van der Waals surface area contributed by atoms with Crippen molar-refractivity contribution in [3.8, 4) is 22.9 Å². The Kier molecular flexibility index (Phi) is 5.59. The molecule has 3 aliphatic heterocycles. The van der Waals surface area contributed by atoms with Gasteiger partial charge in [0.1, 0.15) is 22.9 Å². The number of aromatic nitrogens is 4. The maximum Gasteiger partial charge on any atom is 0.320 e. The summed E-state index contributed by atoms with van der Waals surface area (Å²) in [5, 5.41) is 18.3. The molecule has 6 rings (SSSR count). The normalized spacial score (nSPS) is 21.5. The van der Waals surface area contributed by atoms with Crippen molar-refractivity contribution in [1.29, 1.82) is 5.26 Å². The number of methoxy groups -OCH3 is 1. The average molecular weight is 501 g/mol. The van der Waals surface area contributed by atoms with Gasteiger partial charge in [-0.1, -0.05) is 6.58 Å². The Hall–Kier alpha value is -4.33. The summed E-state index contributed by atoms with van der Waals surface area (Å²) in [6.07, 6.45) is 11.1. The van der Waals surface area contributed by atoms with Gasteiger partial charge < -0.3 is 19.4 Å². The number of nitrogens with zero attached hydrogens (tertiary/aromatic N) is 8. The van der Waals surface area contributed by atoms with Gasteiger partial charge in [-0.3, -0.25) is 9.48 Å². The number of ether oxygens (including phenoxy) is 1. The summed E-state index contributed by atoms with van der Waals surface area (Å²) >= 11 is 0. The molecule has 3 aliphatic rings. The third kappa shape index (κ3) is 3.80. The van der Waals surface area contributed by atoms with E-state index in [1.165, 1.54) is 12.3 Å². The van der Waals surface area contributed by atoms with E-state index < -0.39 is 0 Å². The fourth-order valence-corrected chi connectivity index (χ4v) is 5.96. The standard InChI is InChI=1S/C26H28N8O3/c1-3-24(35)31-15-22-9-21(31)16-32(22)26(36)30-6-4-20(5-7-30)33-14-19(12-28-33)17-8-23(37-2)25-18(10-27)11-29-34(25)13-17/h3,8,11-14,20-22H,1,4-7,9,15-16H2,2H3/t21-,22-/m1/s1. The lowest BCUT2D eigenvalue weighted by molar-refractivity contribution is -0.128. The number of pyridine rings is 1. The highest BCUT2D eigenvalue weighted by Crippen LogP contribution is 2.34. The van der Waals surface area contributed by atoms with Gasteiger partial charge in [-0.05, 0) is 31.4 Å². The first kappa shape index (κ1) is 23.1. The molecule has 3 saturated heterocycles. The Morgan fingerprint density at radius 3 is 2.51 bits per heavy atom. The van der Waals surface area contributed by atoms with Crippen LogP contribution in [-0.4, -0.2) is 91.4 Å². The lowest BCUT2D eigenvalue weighted by atomic mass is 10.1. The minimum atomic E-state index is -0.0473. The van der Waals surface area contributed by atoms with Gasteiger partial charge in [0.05, 0.1) is 37.6 Å². The SMILES string of the molecule is C=CC(=O)N1C[C@H]2C[C@@H]1CN2C(=O)N1CCC(n2cc(-c3cc(OC)c4c(C#N)cnn4c3)cn2)CC1. The third-order valence-corrected chi connectivity index (χ3v) is 7.91. The van der Waals surface area contributed by atoms with Crippen LogP contribution in [0.5, 0.6) is 5.75 Å². The smallest absolute Gasteiger partial charge is 0.320 e. The Bertz CT molecular complexity index is 1430. The first-order valence-corrected chi connectivity index (χ1v) is 12.5. The molecule has 11 nitrogen and oxygen atoms in total. The zero-order valence-electron chi connectivity index (χ0n) is 20.7. The van der Waals surface area contributed by atoms with Gasteiger partial charge in [0.25, 0.3) is 0 Å². The fourth-order valence-electron chi connectivity index (χ4n) is 5.96. The van der Waals surface area contributed by atoms with Crippen molar-refractivity contribution >= 4 is 17.5 Å². The monoisotopic (exact) mass is 500 g/mol. The molecule has 0 aliphatic carbocycles. The van der Waals surface area contributed by atoms with E-state index in [4.69, 9.17) is 4.74 Å². The lowest BCUT2D eigenvalue weighted by Crippen LogP contribution is -2.55. The largest absolute Gasteiger partial charge is 0.494 e. The van der Waals surface area contributed by atoms with E-state index in [0.717, 1.165) is 30.4 Å². The van der Waals surface area contributed by atoms with Gasteiger partial charge >= 0.3 is 6.03 Å². The summed E-state index contributed by atoms with van der Waals surface area (Å²) < 4.78 is 9.17. The number of rotatable bonds is 4. The van der Waals surface area contributed by atoms with Crippen LogP contribution in [0.2, 0.25) is 0 Å². The minimum Gasteiger partial charge on any atom is -0.494 e. The number of hydrogen-bond acceptors (Lipinski definition) is 6. The quantitative estimate of drug-likeness (QED) is 0.508. The van der Waals surface area contributed by atoms with Crippen LogP contribution < -0.4 is 4.74 Å². The van der Waals surface area contributed by atoms with Crippen molar-refractivity contribution in [2.24, 2.45) is 0 Å². The van der Waals surface area contributed by atoms with E-state index in [9.17, 15) is 14.9 Å². The van der Waals surface area contributed by atoms with Crippen LogP contribution in [0.3, 0.4) is 0 Å². The summed E-state index contributed by atoms with van der Waals surface area (Å²) in [5.74, 6) is 0.535. The maximum atomic E-state index is 13.2. The second-order valence-corrected chi connectivity index (χ2v) is 9.86. The number of urea groups is 1. The van der Waals surface area contributed by atoms with Crippen molar-refractivity contribution in [3.05, 3.63) is 49.1 Å². The molecule has 0 saturated carbocycles. The van der Waals surface area contributed by atoms with Crippen LogP contribution in [0.4, 0.5) is 4.79 Å². The maximum absolute atomic E-state index is 13.2. The molecule has 2 atom stereocenters. The van der Waals surface area contributed by atoms with Gasteiger partial charge in [-0.15, -0.1) is 0 Å². The molecule has 3 amide bonds. The van der Waals surface area contributed by atoms with E-state index in [1.807, 2.05) is 44.0 Å².